The predicted octanol–water partition coefficient (Wildman–Crippen LogP) is 12.2. The van der Waals surface area contributed by atoms with Gasteiger partial charge in [-0.05, 0) is 88.8 Å². The van der Waals surface area contributed by atoms with Crippen molar-refractivity contribution in [3.8, 4) is 44.5 Å². The minimum atomic E-state index is 1.06. The quantitative estimate of drug-likeness (QED) is 0.187. The monoisotopic (exact) mass is 578 g/mol. The van der Waals surface area contributed by atoms with E-state index in [4.69, 9.17) is 0 Å². The van der Waals surface area contributed by atoms with Gasteiger partial charge in [0, 0.05) is 33.9 Å². The highest BCUT2D eigenvalue weighted by Gasteiger charge is 2.10. The molecule has 7 rings (SSSR count). The van der Waals surface area contributed by atoms with Crippen molar-refractivity contribution in [2.24, 2.45) is 0 Å². The van der Waals surface area contributed by atoms with Crippen molar-refractivity contribution in [2.45, 2.75) is 6.92 Å². The zero-order chi connectivity index (χ0) is 30.4. The van der Waals surface area contributed by atoms with Crippen molar-refractivity contribution in [1.82, 2.24) is 0 Å². The summed E-state index contributed by atoms with van der Waals surface area (Å²) in [5.74, 6) is 0. The van der Waals surface area contributed by atoms with Gasteiger partial charge in [0.05, 0.1) is 0 Å². The third-order valence-corrected chi connectivity index (χ3v) is 8.11. The number of aryl methyl sites for hydroxylation is 1. The summed E-state index contributed by atoms with van der Waals surface area (Å²) in [7, 11) is 0. The Morgan fingerprint density at radius 2 is 0.756 bits per heavy atom. The Bertz CT molecular complexity index is 2060. The average Bonchev–Trinajstić information content (AvgIpc) is 3.10. The highest BCUT2D eigenvalue weighted by molar-refractivity contribution is 5.86. The second-order valence-electron chi connectivity index (χ2n) is 11.3. The van der Waals surface area contributed by atoms with Crippen LogP contribution in [0, 0.1) is 6.92 Å². The van der Waals surface area contributed by atoms with Gasteiger partial charge in [-0.25, -0.2) is 0 Å². The minimum absolute atomic E-state index is 1.06. The van der Waals surface area contributed by atoms with E-state index in [0.29, 0.717) is 0 Å². The maximum absolute atomic E-state index is 3.70. The van der Waals surface area contributed by atoms with E-state index in [1.54, 1.807) is 0 Å². The van der Waals surface area contributed by atoms with Gasteiger partial charge in [0.25, 0.3) is 0 Å². The van der Waals surface area contributed by atoms with E-state index in [1.807, 2.05) is 6.07 Å². The topological polar surface area (TPSA) is 24.1 Å². The van der Waals surface area contributed by atoms with Crippen LogP contribution in [-0.2, 0) is 0 Å². The number of nitrogens with one attached hydrogen (secondary N) is 2. The maximum atomic E-state index is 3.70. The van der Waals surface area contributed by atoms with Crippen LogP contribution in [0.3, 0.4) is 0 Å². The molecule has 0 atom stereocenters. The molecule has 216 valence electrons. The summed E-state index contributed by atoms with van der Waals surface area (Å²) in [4.78, 5) is 0. The summed E-state index contributed by atoms with van der Waals surface area (Å²) in [5, 5.41) is 7.30. The minimum Gasteiger partial charge on any atom is -0.355 e. The molecule has 7 aromatic carbocycles. The van der Waals surface area contributed by atoms with Crippen LogP contribution < -0.4 is 10.6 Å². The number of benzene rings is 7. The molecular weight excluding hydrogens is 544 g/mol. The van der Waals surface area contributed by atoms with Crippen molar-refractivity contribution in [3.05, 3.63) is 181 Å². The van der Waals surface area contributed by atoms with Crippen LogP contribution in [0.25, 0.3) is 44.5 Å². The molecule has 0 saturated heterocycles. The van der Waals surface area contributed by atoms with Gasteiger partial charge < -0.3 is 10.6 Å². The SMILES string of the molecule is Cc1ccc(-c2cccc(Nc3ccccc3-c3cccc(-c4cccc(-c5ccccc5Nc5ccccc5)c4)c3)c2)cc1. The van der Waals surface area contributed by atoms with Crippen LogP contribution >= 0.6 is 0 Å². The van der Waals surface area contributed by atoms with Gasteiger partial charge in [-0.2, -0.15) is 0 Å². The smallest absolute Gasteiger partial charge is 0.0463 e. The summed E-state index contributed by atoms with van der Waals surface area (Å²) < 4.78 is 0. The lowest BCUT2D eigenvalue weighted by Crippen LogP contribution is -1.94. The molecule has 0 aliphatic carbocycles. The van der Waals surface area contributed by atoms with E-state index >= 15 is 0 Å². The fraction of sp³-hybridized carbons (Fsp3) is 0.0233. The molecule has 0 unspecified atom stereocenters. The molecular formula is C43H34N2. The summed E-state index contributed by atoms with van der Waals surface area (Å²) >= 11 is 0. The van der Waals surface area contributed by atoms with Crippen LogP contribution in [-0.4, -0.2) is 0 Å². The van der Waals surface area contributed by atoms with E-state index in [-0.39, 0.29) is 0 Å². The Labute approximate surface area is 265 Å². The number of hydrogen-bond acceptors (Lipinski definition) is 2. The first-order valence-electron chi connectivity index (χ1n) is 15.4. The third kappa shape index (κ3) is 6.41. The molecule has 7 aromatic rings. The summed E-state index contributed by atoms with van der Waals surface area (Å²) in [6, 6.07) is 62.3. The Kier molecular flexibility index (Phi) is 7.94. The lowest BCUT2D eigenvalue weighted by atomic mass is 9.95. The average molecular weight is 579 g/mol. The van der Waals surface area contributed by atoms with E-state index in [0.717, 1.165) is 28.3 Å². The van der Waals surface area contributed by atoms with Crippen LogP contribution in [0.15, 0.2) is 176 Å². The fourth-order valence-electron chi connectivity index (χ4n) is 5.78. The first-order chi connectivity index (χ1) is 22.2. The van der Waals surface area contributed by atoms with Crippen molar-refractivity contribution >= 4 is 22.7 Å². The Balaban J connectivity index is 1.18. The fourth-order valence-corrected chi connectivity index (χ4v) is 5.78. The van der Waals surface area contributed by atoms with Crippen molar-refractivity contribution in [1.29, 1.82) is 0 Å². The van der Waals surface area contributed by atoms with Crippen LogP contribution in [0.2, 0.25) is 0 Å². The van der Waals surface area contributed by atoms with E-state index in [2.05, 4.69) is 187 Å². The molecule has 2 heteroatoms. The molecule has 2 nitrogen and oxygen atoms in total. The van der Waals surface area contributed by atoms with Crippen LogP contribution in [0.4, 0.5) is 22.7 Å². The molecule has 2 N–H and O–H groups in total. The standard InChI is InChI=1S/C43H34N2/c1-31-24-26-32(27-25-31)35-14-11-19-39(30-35)45-43-23-8-6-21-41(43)37-16-10-13-34(29-37)33-12-9-15-36(28-33)40-20-5-7-22-42(40)44-38-17-3-2-4-18-38/h2-30,44-45H,1H3. The molecule has 0 radical (unpaired) electrons. The van der Waals surface area contributed by atoms with E-state index in [9.17, 15) is 0 Å². The molecule has 0 aromatic heterocycles. The molecule has 0 bridgehead atoms. The molecule has 0 saturated carbocycles. The maximum Gasteiger partial charge on any atom is 0.0463 e. The highest BCUT2D eigenvalue weighted by atomic mass is 14.9. The first kappa shape index (κ1) is 27.9. The molecule has 0 aliphatic heterocycles. The normalized spacial score (nSPS) is 10.8. The van der Waals surface area contributed by atoms with Crippen LogP contribution in [0.5, 0.6) is 0 Å². The molecule has 0 heterocycles. The second-order valence-corrected chi connectivity index (χ2v) is 11.3. The molecule has 0 spiro atoms. The highest BCUT2D eigenvalue weighted by Crippen LogP contribution is 2.36. The van der Waals surface area contributed by atoms with Crippen molar-refractivity contribution < 1.29 is 0 Å². The van der Waals surface area contributed by atoms with Gasteiger partial charge in [0.1, 0.15) is 0 Å². The zero-order valence-electron chi connectivity index (χ0n) is 25.2. The Morgan fingerprint density at radius 1 is 0.311 bits per heavy atom. The number of anilines is 4. The van der Waals surface area contributed by atoms with E-state index in [1.165, 1.54) is 44.5 Å². The van der Waals surface area contributed by atoms with Gasteiger partial charge in [-0.15, -0.1) is 0 Å². The zero-order valence-corrected chi connectivity index (χ0v) is 25.2. The van der Waals surface area contributed by atoms with Crippen molar-refractivity contribution in [3.63, 3.8) is 0 Å². The van der Waals surface area contributed by atoms with Gasteiger partial charge in [-0.1, -0.05) is 133 Å². The van der Waals surface area contributed by atoms with Crippen molar-refractivity contribution in [2.75, 3.05) is 10.6 Å². The summed E-state index contributed by atoms with van der Waals surface area (Å²) in [6.45, 7) is 2.12. The number of hydrogen-bond donors (Lipinski definition) is 2. The third-order valence-electron chi connectivity index (χ3n) is 8.11. The number of para-hydroxylation sites is 3. The Morgan fingerprint density at radius 3 is 1.36 bits per heavy atom. The predicted molar refractivity (Wildman–Crippen MR) is 192 cm³/mol. The molecule has 0 aliphatic rings. The van der Waals surface area contributed by atoms with Crippen LogP contribution in [0.1, 0.15) is 5.56 Å². The van der Waals surface area contributed by atoms with Gasteiger partial charge in [-0.3, -0.25) is 0 Å². The molecule has 0 fully saturated rings. The van der Waals surface area contributed by atoms with Gasteiger partial charge >= 0.3 is 0 Å². The lowest BCUT2D eigenvalue weighted by Gasteiger charge is -2.15. The summed E-state index contributed by atoms with van der Waals surface area (Å²) in [6.07, 6.45) is 0. The van der Waals surface area contributed by atoms with E-state index < -0.39 is 0 Å². The molecule has 45 heavy (non-hydrogen) atoms. The van der Waals surface area contributed by atoms with Gasteiger partial charge in [0.2, 0.25) is 0 Å². The van der Waals surface area contributed by atoms with Gasteiger partial charge in [0.15, 0.2) is 0 Å². The lowest BCUT2D eigenvalue weighted by molar-refractivity contribution is 1.46. The largest absolute Gasteiger partial charge is 0.355 e. The first-order valence-corrected chi connectivity index (χ1v) is 15.4. The molecule has 0 amide bonds. The second kappa shape index (κ2) is 12.8. The Hall–Kier alpha value is -5.86. The summed E-state index contributed by atoms with van der Waals surface area (Å²) in [5.41, 5.74) is 15.0. The number of rotatable bonds is 8.